The lowest BCUT2D eigenvalue weighted by atomic mass is 10.2. The Balaban J connectivity index is 1.68. The molecule has 0 radical (unpaired) electrons. The number of hydrogen-bond acceptors (Lipinski definition) is 4. The molecule has 0 fully saturated rings. The largest absolute Gasteiger partial charge is 0.329 e. The Morgan fingerprint density at radius 3 is 2.63 bits per heavy atom. The quantitative estimate of drug-likeness (QED) is 0.356. The average Bonchev–Trinajstić information content (AvgIpc) is 2.65. The third-order valence-corrected chi connectivity index (χ3v) is 4.10. The number of para-hydroxylation sites is 1. The summed E-state index contributed by atoms with van der Waals surface area (Å²) < 4.78 is 0. The maximum atomic E-state index is 12.0. The Labute approximate surface area is 163 Å². The number of carbonyl (C=O) groups excluding carboxylic acids is 2. The van der Waals surface area contributed by atoms with Crippen molar-refractivity contribution >= 4 is 57.8 Å². The Morgan fingerprint density at radius 2 is 1.81 bits per heavy atom. The van der Waals surface area contributed by atoms with Gasteiger partial charge < -0.3 is 10.3 Å². The first kappa shape index (κ1) is 18.6. The number of rotatable bonds is 3. The van der Waals surface area contributed by atoms with Gasteiger partial charge in [0.15, 0.2) is 0 Å². The molecular weight excluding hydrogens is 391 g/mol. The minimum Gasteiger partial charge on any atom is -0.321 e. The number of anilines is 1. The average molecular weight is 403 g/mol. The highest BCUT2D eigenvalue weighted by molar-refractivity contribution is 6.42. The van der Waals surface area contributed by atoms with E-state index in [0.29, 0.717) is 10.5 Å². The highest BCUT2D eigenvalue weighted by Gasteiger charge is 2.14. The molecule has 3 rings (SSSR count). The Kier molecular flexibility index (Phi) is 5.54. The summed E-state index contributed by atoms with van der Waals surface area (Å²) in [6.45, 7) is 0. The summed E-state index contributed by atoms with van der Waals surface area (Å²) in [6, 6.07) is 13.3. The van der Waals surface area contributed by atoms with Crippen LogP contribution in [0.5, 0.6) is 0 Å². The van der Waals surface area contributed by atoms with E-state index >= 15 is 0 Å². The van der Waals surface area contributed by atoms with Crippen LogP contribution in [0.1, 0.15) is 5.56 Å². The highest BCUT2D eigenvalue weighted by Crippen LogP contribution is 2.25. The van der Waals surface area contributed by atoms with E-state index in [4.69, 9.17) is 23.2 Å². The van der Waals surface area contributed by atoms with Crippen molar-refractivity contribution in [3.8, 4) is 0 Å². The second-order valence-electron chi connectivity index (χ2n) is 5.42. The van der Waals surface area contributed by atoms with Gasteiger partial charge >= 0.3 is 11.8 Å². The van der Waals surface area contributed by atoms with E-state index in [0.717, 1.165) is 11.6 Å². The van der Waals surface area contributed by atoms with Crippen LogP contribution in [0.3, 0.4) is 0 Å². The van der Waals surface area contributed by atoms with Crippen molar-refractivity contribution in [2.45, 2.75) is 0 Å². The predicted octanol–water partition coefficient (Wildman–Crippen LogP) is 2.92. The van der Waals surface area contributed by atoms with Gasteiger partial charge in [0.2, 0.25) is 0 Å². The van der Waals surface area contributed by atoms with Crippen molar-refractivity contribution in [2.75, 3.05) is 5.32 Å². The number of H-pyrrole nitrogens is 1. The third-order valence-electron chi connectivity index (χ3n) is 3.53. The molecule has 0 saturated carbocycles. The molecule has 1 aromatic heterocycles. The molecule has 0 atom stereocenters. The molecule has 136 valence electrons. The number of pyridine rings is 1. The maximum Gasteiger partial charge on any atom is 0.329 e. The first-order chi connectivity index (χ1) is 12.9. The number of hydrogen-bond donors (Lipinski definition) is 3. The van der Waals surface area contributed by atoms with Gasteiger partial charge in [-0.15, -0.1) is 0 Å². The number of fused-ring (bicyclic) bond motifs is 1. The number of aromatic amines is 1. The van der Waals surface area contributed by atoms with Crippen LogP contribution in [0.25, 0.3) is 10.9 Å². The van der Waals surface area contributed by atoms with Gasteiger partial charge in [-0.2, -0.15) is 5.10 Å². The number of nitrogens with one attached hydrogen (secondary N) is 3. The van der Waals surface area contributed by atoms with E-state index in [1.807, 2.05) is 12.1 Å². The number of aromatic nitrogens is 1. The summed E-state index contributed by atoms with van der Waals surface area (Å²) in [4.78, 5) is 38.4. The summed E-state index contributed by atoms with van der Waals surface area (Å²) in [5.41, 5.74) is 2.78. The molecule has 0 aliphatic rings. The normalized spacial score (nSPS) is 10.9. The second-order valence-corrected chi connectivity index (χ2v) is 6.26. The molecule has 9 heteroatoms. The molecule has 7 nitrogen and oxygen atoms in total. The van der Waals surface area contributed by atoms with E-state index in [-0.39, 0.29) is 21.8 Å². The Bertz CT molecular complexity index is 1130. The van der Waals surface area contributed by atoms with Gasteiger partial charge in [-0.05, 0) is 35.7 Å². The van der Waals surface area contributed by atoms with E-state index < -0.39 is 11.8 Å². The van der Waals surface area contributed by atoms with Crippen LogP contribution in [0.2, 0.25) is 10.0 Å². The molecule has 0 spiro atoms. The lowest BCUT2D eigenvalue weighted by Gasteiger charge is -2.06. The van der Waals surface area contributed by atoms with Gasteiger partial charge in [0.1, 0.15) is 0 Å². The SMILES string of the molecule is O=C(N/N=C/c1cc2ccccc2[nH]c1=O)C(=O)Nc1cc(Cl)ccc1Cl. The molecule has 0 saturated heterocycles. The van der Waals surface area contributed by atoms with Gasteiger partial charge in [0.05, 0.1) is 22.5 Å². The van der Waals surface area contributed by atoms with Crippen LogP contribution in [0.4, 0.5) is 5.69 Å². The molecule has 2 aromatic carbocycles. The third kappa shape index (κ3) is 4.52. The summed E-state index contributed by atoms with van der Waals surface area (Å²) >= 11 is 11.7. The molecule has 3 aromatic rings. The van der Waals surface area contributed by atoms with E-state index in [1.54, 1.807) is 24.3 Å². The van der Waals surface area contributed by atoms with Gasteiger partial charge in [-0.3, -0.25) is 14.4 Å². The highest BCUT2D eigenvalue weighted by atomic mass is 35.5. The molecule has 0 aliphatic heterocycles. The second kappa shape index (κ2) is 8.03. The van der Waals surface area contributed by atoms with Crippen molar-refractivity contribution in [1.82, 2.24) is 10.4 Å². The first-order valence-corrected chi connectivity index (χ1v) is 8.41. The topological polar surface area (TPSA) is 103 Å². The molecular formula is C18H12Cl2N4O3. The van der Waals surface area contributed by atoms with Gasteiger partial charge in [0, 0.05) is 10.5 Å². The van der Waals surface area contributed by atoms with Gasteiger partial charge in [0.25, 0.3) is 5.56 Å². The zero-order valence-corrected chi connectivity index (χ0v) is 15.1. The van der Waals surface area contributed by atoms with Crippen molar-refractivity contribution in [3.05, 3.63) is 74.5 Å². The lowest BCUT2D eigenvalue weighted by molar-refractivity contribution is -0.136. The fourth-order valence-electron chi connectivity index (χ4n) is 2.24. The standard InChI is InChI=1S/C18H12Cl2N4O3/c19-12-5-6-13(20)15(8-12)23-17(26)18(27)24-21-9-11-7-10-3-1-2-4-14(10)22-16(11)25/h1-9H,(H,22,25)(H,23,26)(H,24,27)/b21-9+. The molecule has 0 unspecified atom stereocenters. The first-order valence-electron chi connectivity index (χ1n) is 7.65. The molecule has 1 heterocycles. The van der Waals surface area contributed by atoms with E-state index in [9.17, 15) is 14.4 Å². The fourth-order valence-corrected chi connectivity index (χ4v) is 2.58. The van der Waals surface area contributed by atoms with Crippen LogP contribution >= 0.6 is 23.2 Å². The minimum atomic E-state index is -1.03. The predicted molar refractivity (Wildman–Crippen MR) is 105 cm³/mol. The molecule has 27 heavy (non-hydrogen) atoms. The van der Waals surface area contributed by atoms with Gasteiger partial charge in [-0.1, -0.05) is 41.4 Å². The number of carbonyl (C=O) groups is 2. The van der Waals surface area contributed by atoms with Crippen molar-refractivity contribution in [2.24, 2.45) is 5.10 Å². The summed E-state index contributed by atoms with van der Waals surface area (Å²) in [7, 11) is 0. The number of benzene rings is 2. The van der Waals surface area contributed by atoms with Crippen LogP contribution in [-0.2, 0) is 9.59 Å². The van der Waals surface area contributed by atoms with Crippen molar-refractivity contribution < 1.29 is 9.59 Å². The van der Waals surface area contributed by atoms with Crippen LogP contribution in [-0.4, -0.2) is 23.0 Å². The van der Waals surface area contributed by atoms with Crippen molar-refractivity contribution in [1.29, 1.82) is 0 Å². The zero-order valence-electron chi connectivity index (χ0n) is 13.6. The Morgan fingerprint density at radius 1 is 1.04 bits per heavy atom. The minimum absolute atomic E-state index is 0.194. The maximum absolute atomic E-state index is 12.0. The number of amides is 2. The molecule has 3 N–H and O–H groups in total. The van der Waals surface area contributed by atoms with Crippen LogP contribution in [0.15, 0.2) is 58.4 Å². The number of nitrogens with zero attached hydrogens (tertiary/aromatic N) is 1. The monoisotopic (exact) mass is 402 g/mol. The molecule has 0 aliphatic carbocycles. The van der Waals surface area contributed by atoms with E-state index in [2.05, 4.69) is 20.8 Å². The summed E-state index contributed by atoms with van der Waals surface area (Å²) in [5.74, 6) is -2.01. The van der Waals surface area contributed by atoms with Crippen molar-refractivity contribution in [3.63, 3.8) is 0 Å². The number of hydrazone groups is 1. The van der Waals surface area contributed by atoms with Crippen LogP contribution in [0, 0.1) is 0 Å². The van der Waals surface area contributed by atoms with E-state index in [1.165, 1.54) is 12.1 Å². The summed E-state index contributed by atoms with van der Waals surface area (Å²) in [6.07, 6.45) is 1.16. The zero-order chi connectivity index (χ0) is 19.4. The van der Waals surface area contributed by atoms with Gasteiger partial charge in [-0.25, -0.2) is 5.43 Å². The smallest absolute Gasteiger partial charge is 0.321 e. The summed E-state index contributed by atoms with van der Waals surface area (Å²) in [5, 5.41) is 7.36. The lowest BCUT2D eigenvalue weighted by Crippen LogP contribution is -2.32. The molecule has 2 amide bonds. The Hall–Kier alpha value is -3.16. The fraction of sp³-hybridized carbons (Fsp3) is 0. The molecule has 0 bridgehead atoms. The van der Waals surface area contributed by atoms with Crippen LogP contribution < -0.4 is 16.3 Å². The number of halogens is 2.